The Bertz CT molecular complexity index is 424. The van der Waals surface area contributed by atoms with Crippen molar-refractivity contribution in [3.05, 3.63) is 18.2 Å². The molecule has 0 bridgehead atoms. The minimum Gasteiger partial charge on any atom is -0.389 e. The number of nitrogens with zero attached hydrogens (tertiary/aromatic N) is 3. The number of aliphatic hydroxyl groups excluding tert-OH is 1. The molecule has 1 aliphatic rings. The molecule has 1 aliphatic heterocycles. The summed E-state index contributed by atoms with van der Waals surface area (Å²) in [5, 5.41) is 13.7. The Morgan fingerprint density at radius 2 is 2.38 bits per heavy atom. The number of hydrogen-bond donors (Lipinski definition) is 2. The van der Waals surface area contributed by atoms with Gasteiger partial charge in [0.1, 0.15) is 5.82 Å². The lowest BCUT2D eigenvalue weighted by Gasteiger charge is -2.23. The van der Waals surface area contributed by atoms with Crippen LogP contribution in [0.4, 0.5) is 0 Å². The summed E-state index contributed by atoms with van der Waals surface area (Å²) in [4.78, 5) is 6.51. The highest BCUT2D eigenvalue weighted by molar-refractivity contribution is 4.94. The highest BCUT2D eigenvalue weighted by atomic mass is 16.5. The Hall–Kier alpha value is -0.950. The molecule has 1 aromatic rings. The number of aryl methyl sites for hydroxylation is 1. The van der Waals surface area contributed by atoms with Crippen LogP contribution in [-0.4, -0.2) is 64.6 Å². The molecule has 0 amide bonds. The monoisotopic (exact) mass is 296 g/mol. The third kappa shape index (κ3) is 4.51. The van der Waals surface area contributed by atoms with Crippen LogP contribution >= 0.6 is 0 Å². The normalized spacial score (nSPS) is 25.9. The van der Waals surface area contributed by atoms with Crippen molar-refractivity contribution >= 4 is 0 Å². The molecule has 6 nitrogen and oxygen atoms in total. The largest absolute Gasteiger partial charge is 0.389 e. The van der Waals surface area contributed by atoms with Crippen molar-refractivity contribution in [1.29, 1.82) is 0 Å². The van der Waals surface area contributed by atoms with Crippen molar-refractivity contribution in [2.75, 3.05) is 26.7 Å². The van der Waals surface area contributed by atoms with Gasteiger partial charge in [0, 0.05) is 26.0 Å². The van der Waals surface area contributed by atoms with Gasteiger partial charge >= 0.3 is 0 Å². The first kappa shape index (κ1) is 16.4. The van der Waals surface area contributed by atoms with Crippen LogP contribution in [0.5, 0.6) is 0 Å². The van der Waals surface area contributed by atoms with Crippen molar-refractivity contribution in [2.45, 2.75) is 44.6 Å². The van der Waals surface area contributed by atoms with Crippen LogP contribution in [0.2, 0.25) is 0 Å². The topological polar surface area (TPSA) is 62.5 Å². The minimum atomic E-state index is -0.464. The molecule has 0 radical (unpaired) electrons. The summed E-state index contributed by atoms with van der Waals surface area (Å²) in [6.07, 6.45) is 5.50. The van der Waals surface area contributed by atoms with Gasteiger partial charge in [-0.15, -0.1) is 0 Å². The van der Waals surface area contributed by atoms with Crippen molar-refractivity contribution in [3.63, 3.8) is 0 Å². The molecule has 0 spiro atoms. The first-order chi connectivity index (χ1) is 10.1. The van der Waals surface area contributed by atoms with Crippen LogP contribution in [0.1, 0.15) is 25.6 Å². The zero-order valence-corrected chi connectivity index (χ0v) is 13.3. The van der Waals surface area contributed by atoms with E-state index in [0.717, 1.165) is 18.9 Å². The molecule has 0 unspecified atom stereocenters. The van der Waals surface area contributed by atoms with E-state index in [-0.39, 0.29) is 12.1 Å². The fourth-order valence-corrected chi connectivity index (χ4v) is 2.64. The Morgan fingerprint density at radius 3 is 3.05 bits per heavy atom. The van der Waals surface area contributed by atoms with Crippen LogP contribution in [0, 0.1) is 0 Å². The number of aliphatic hydroxyl groups is 1. The number of aromatic nitrogens is 2. The summed E-state index contributed by atoms with van der Waals surface area (Å²) in [6, 6.07) is -0.0220. The molecule has 1 saturated heterocycles. The molecule has 6 heteroatoms. The highest BCUT2D eigenvalue weighted by Crippen LogP contribution is 2.16. The van der Waals surface area contributed by atoms with Crippen molar-refractivity contribution in [3.8, 4) is 0 Å². The number of likely N-dealkylation sites (N-methyl/N-ethyl adjacent to an activating group) is 1. The Labute approximate surface area is 127 Å². The van der Waals surface area contributed by atoms with Crippen LogP contribution in [0.3, 0.4) is 0 Å². The lowest BCUT2D eigenvalue weighted by molar-refractivity contribution is 0.0199. The number of unbranched alkanes of at least 4 members (excludes halogenated alkanes) is 1. The molecule has 2 N–H and O–H groups in total. The first-order valence-electron chi connectivity index (χ1n) is 7.79. The average Bonchev–Trinajstić information content (AvgIpc) is 3.02. The standard InChI is InChI=1S/C15H28N4O2/c1-4-5-7-18(2)10-13-15(20)12(11-21-13)17-9-14-16-6-8-19(14)3/h6,8,12-13,15,17,20H,4-5,7,9-11H2,1-3H3/t12-,13-,15+/m0/s1. The molecule has 0 aliphatic carbocycles. The summed E-state index contributed by atoms with van der Waals surface area (Å²) in [6.45, 7) is 5.22. The minimum absolute atomic E-state index is 0.0220. The lowest BCUT2D eigenvalue weighted by Crippen LogP contribution is -2.44. The van der Waals surface area contributed by atoms with Gasteiger partial charge in [0.05, 0.1) is 31.4 Å². The quantitative estimate of drug-likeness (QED) is 0.726. The second kappa shape index (κ2) is 7.89. The van der Waals surface area contributed by atoms with E-state index in [1.807, 2.05) is 17.8 Å². The number of nitrogens with one attached hydrogen (secondary N) is 1. The van der Waals surface area contributed by atoms with E-state index < -0.39 is 6.10 Å². The van der Waals surface area contributed by atoms with Crippen LogP contribution in [-0.2, 0) is 18.3 Å². The smallest absolute Gasteiger partial charge is 0.122 e. The molecule has 1 fully saturated rings. The summed E-state index contributed by atoms with van der Waals surface area (Å²) in [5.74, 6) is 0.964. The zero-order valence-electron chi connectivity index (χ0n) is 13.3. The van der Waals surface area contributed by atoms with Gasteiger partial charge in [0.15, 0.2) is 0 Å². The average molecular weight is 296 g/mol. The van der Waals surface area contributed by atoms with Crippen molar-refractivity contribution in [2.24, 2.45) is 7.05 Å². The maximum Gasteiger partial charge on any atom is 0.122 e. The molecular formula is C15H28N4O2. The predicted molar refractivity (Wildman–Crippen MR) is 82.0 cm³/mol. The lowest BCUT2D eigenvalue weighted by atomic mass is 10.1. The van der Waals surface area contributed by atoms with Gasteiger partial charge in [-0.3, -0.25) is 0 Å². The molecule has 1 aromatic heterocycles. The van der Waals surface area contributed by atoms with E-state index in [4.69, 9.17) is 4.74 Å². The third-order valence-electron chi connectivity index (χ3n) is 4.11. The molecule has 0 saturated carbocycles. The van der Waals surface area contributed by atoms with Gasteiger partial charge in [0.25, 0.3) is 0 Å². The second-order valence-corrected chi connectivity index (χ2v) is 5.92. The van der Waals surface area contributed by atoms with Crippen LogP contribution < -0.4 is 5.32 Å². The molecular weight excluding hydrogens is 268 g/mol. The van der Waals surface area contributed by atoms with E-state index in [1.165, 1.54) is 12.8 Å². The molecule has 2 rings (SSSR count). The van der Waals surface area contributed by atoms with Gasteiger partial charge in [-0.1, -0.05) is 13.3 Å². The number of ether oxygens (including phenoxy) is 1. The SMILES string of the molecule is CCCCN(C)C[C@@H]1OC[C@H](NCc2nccn2C)[C@H]1O. The predicted octanol–water partition coefficient (Wildman–Crippen LogP) is 0.370. The van der Waals surface area contributed by atoms with Gasteiger partial charge in [-0.25, -0.2) is 4.98 Å². The fraction of sp³-hybridized carbons (Fsp3) is 0.800. The van der Waals surface area contributed by atoms with Crippen molar-refractivity contribution < 1.29 is 9.84 Å². The zero-order chi connectivity index (χ0) is 15.2. The number of rotatable bonds is 8. The summed E-state index contributed by atoms with van der Waals surface area (Å²) in [7, 11) is 4.05. The van der Waals surface area contributed by atoms with Gasteiger partial charge in [0.2, 0.25) is 0 Å². The molecule has 120 valence electrons. The molecule has 0 aromatic carbocycles. The van der Waals surface area contributed by atoms with Gasteiger partial charge in [-0.2, -0.15) is 0 Å². The second-order valence-electron chi connectivity index (χ2n) is 5.92. The Morgan fingerprint density at radius 1 is 1.57 bits per heavy atom. The highest BCUT2D eigenvalue weighted by Gasteiger charge is 2.36. The Balaban J connectivity index is 1.75. The first-order valence-corrected chi connectivity index (χ1v) is 7.79. The molecule has 3 atom stereocenters. The Kier molecular flexibility index (Phi) is 6.17. The maximum atomic E-state index is 10.4. The van der Waals surface area contributed by atoms with E-state index in [1.54, 1.807) is 6.20 Å². The van der Waals surface area contributed by atoms with Crippen LogP contribution in [0.25, 0.3) is 0 Å². The maximum absolute atomic E-state index is 10.4. The van der Waals surface area contributed by atoms with E-state index in [0.29, 0.717) is 13.2 Å². The molecule has 21 heavy (non-hydrogen) atoms. The van der Waals surface area contributed by atoms with Crippen molar-refractivity contribution in [1.82, 2.24) is 19.8 Å². The van der Waals surface area contributed by atoms with Gasteiger partial charge in [-0.05, 0) is 20.0 Å². The number of imidazole rings is 1. The fourth-order valence-electron chi connectivity index (χ4n) is 2.64. The summed E-state index contributed by atoms with van der Waals surface area (Å²) >= 11 is 0. The van der Waals surface area contributed by atoms with Gasteiger partial charge < -0.3 is 24.6 Å². The van der Waals surface area contributed by atoms with E-state index >= 15 is 0 Å². The van der Waals surface area contributed by atoms with Crippen LogP contribution in [0.15, 0.2) is 12.4 Å². The molecule has 2 heterocycles. The number of hydrogen-bond acceptors (Lipinski definition) is 5. The summed E-state index contributed by atoms with van der Waals surface area (Å²) in [5.41, 5.74) is 0. The van der Waals surface area contributed by atoms with E-state index in [2.05, 4.69) is 29.2 Å². The third-order valence-corrected chi connectivity index (χ3v) is 4.11. The van der Waals surface area contributed by atoms with E-state index in [9.17, 15) is 5.11 Å². The summed E-state index contributed by atoms with van der Waals surface area (Å²) < 4.78 is 7.72.